The fraction of sp³-hybridized carbons (Fsp3) is 0.125. The van der Waals surface area contributed by atoms with Crippen molar-refractivity contribution in [2.24, 2.45) is 14.1 Å². The molecule has 0 N–H and O–H groups in total. The van der Waals surface area contributed by atoms with E-state index in [1.807, 2.05) is 59.9 Å². The summed E-state index contributed by atoms with van der Waals surface area (Å²) in [5.41, 5.74) is 1.56. The predicted molar refractivity (Wildman–Crippen MR) is 83.9 cm³/mol. The lowest BCUT2D eigenvalue weighted by molar-refractivity contribution is 0.895. The van der Waals surface area contributed by atoms with Crippen molar-refractivity contribution in [3.05, 3.63) is 49.1 Å². The molecule has 3 heterocycles. The van der Waals surface area contributed by atoms with E-state index in [-0.39, 0.29) is 0 Å². The third-order valence-corrected chi connectivity index (χ3v) is 3.75. The van der Waals surface area contributed by atoms with Crippen LogP contribution in [0.5, 0.6) is 0 Å². The van der Waals surface area contributed by atoms with Crippen LogP contribution in [0.15, 0.2) is 49.1 Å². The number of benzene rings is 1. The summed E-state index contributed by atoms with van der Waals surface area (Å²) in [6.45, 7) is 0. The third-order valence-electron chi connectivity index (χ3n) is 3.75. The molecule has 4 rings (SSSR count). The Balaban J connectivity index is 2.05. The highest BCUT2D eigenvalue weighted by atomic mass is 15.2. The molecule has 0 aliphatic rings. The van der Waals surface area contributed by atoms with Gasteiger partial charge in [0.1, 0.15) is 11.4 Å². The number of hydrogen-bond donors (Lipinski definition) is 0. The predicted octanol–water partition coefficient (Wildman–Crippen LogP) is 2.43. The Hall–Kier alpha value is -3.02. The van der Waals surface area contributed by atoms with Crippen molar-refractivity contribution in [2.45, 2.75) is 0 Å². The van der Waals surface area contributed by atoms with Gasteiger partial charge in [-0.1, -0.05) is 24.3 Å². The second-order valence-electron chi connectivity index (χ2n) is 5.17. The zero-order chi connectivity index (χ0) is 15.1. The molecule has 0 unspecified atom stereocenters. The number of fused-ring (bicyclic) bond motifs is 1. The monoisotopic (exact) mass is 290 g/mol. The van der Waals surface area contributed by atoms with E-state index in [2.05, 4.69) is 20.2 Å². The molecule has 0 radical (unpaired) electrons. The molecule has 22 heavy (non-hydrogen) atoms. The van der Waals surface area contributed by atoms with Gasteiger partial charge in [-0.3, -0.25) is 0 Å². The molecule has 0 aliphatic carbocycles. The van der Waals surface area contributed by atoms with Crippen LogP contribution in [-0.4, -0.2) is 29.3 Å². The summed E-state index contributed by atoms with van der Waals surface area (Å²) in [5.74, 6) is 1.60. The normalized spacial score (nSPS) is 11.2. The Bertz CT molecular complexity index is 887. The average molecular weight is 290 g/mol. The van der Waals surface area contributed by atoms with Gasteiger partial charge in [0.05, 0.1) is 0 Å². The van der Waals surface area contributed by atoms with Crippen LogP contribution < -0.4 is 0 Å². The Kier molecular flexibility index (Phi) is 2.75. The molecule has 0 saturated carbocycles. The third kappa shape index (κ3) is 1.81. The molecule has 0 fully saturated rings. The molecule has 0 amide bonds. The Morgan fingerprint density at radius 3 is 1.55 bits per heavy atom. The van der Waals surface area contributed by atoms with E-state index in [0.29, 0.717) is 0 Å². The molecule has 1 aromatic carbocycles. The average Bonchev–Trinajstić information content (AvgIpc) is 3.15. The second-order valence-corrected chi connectivity index (χ2v) is 5.17. The minimum absolute atomic E-state index is 0.779. The van der Waals surface area contributed by atoms with Gasteiger partial charge in [-0.25, -0.2) is 9.97 Å². The van der Waals surface area contributed by atoms with Crippen LogP contribution in [0.4, 0.5) is 0 Å². The van der Waals surface area contributed by atoms with E-state index in [0.717, 1.165) is 33.8 Å². The molecule has 3 aromatic heterocycles. The van der Waals surface area contributed by atoms with Gasteiger partial charge in [0.15, 0.2) is 11.6 Å². The molecule has 0 aliphatic heterocycles. The fourth-order valence-electron chi connectivity index (χ4n) is 2.62. The Morgan fingerprint density at radius 2 is 1.18 bits per heavy atom. The lowest BCUT2D eigenvalue weighted by atomic mass is 10.1. The highest BCUT2D eigenvalue weighted by Gasteiger charge is 2.16. The van der Waals surface area contributed by atoms with Crippen LogP contribution in [0.1, 0.15) is 0 Å². The molecular formula is C16H14N6. The van der Waals surface area contributed by atoms with Gasteiger partial charge in [-0.05, 0) is 0 Å². The van der Waals surface area contributed by atoms with E-state index >= 15 is 0 Å². The van der Waals surface area contributed by atoms with Gasteiger partial charge >= 0.3 is 0 Å². The summed E-state index contributed by atoms with van der Waals surface area (Å²) < 4.78 is 3.88. The van der Waals surface area contributed by atoms with E-state index in [1.165, 1.54) is 0 Å². The van der Waals surface area contributed by atoms with Crippen LogP contribution in [0.2, 0.25) is 0 Å². The zero-order valence-electron chi connectivity index (χ0n) is 12.3. The van der Waals surface area contributed by atoms with Crippen LogP contribution in [0, 0.1) is 0 Å². The topological polar surface area (TPSA) is 61.4 Å². The highest BCUT2D eigenvalue weighted by molar-refractivity contribution is 5.99. The summed E-state index contributed by atoms with van der Waals surface area (Å²) in [5, 5.41) is 10.9. The van der Waals surface area contributed by atoms with Crippen LogP contribution in [0.3, 0.4) is 0 Å². The smallest absolute Gasteiger partial charge is 0.160 e. The summed E-state index contributed by atoms with van der Waals surface area (Å²) in [6.07, 6.45) is 7.33. The summed E-state index contributed by atoms with van der Waals surface area (Å²) >= 11 is 0. The van der Waals surface area contributed by atoms with Gasteiger partial charge in [-0.15, -0.1) is 10.2 Å². The van der Waals surface area contributed by atoms with Gasteiger partial charge in [0.2, 0.25) is 0 Å². The first kappa shape index (κ1) is 12.7. The first-order valence-electron chi connectivity index (χ1n) is 6.96. The Morgan fingerprint density at radius 1 is 0.727 bits per heavy atom. The van der Waals surface area contributed by atoms with Crippen molar-refractivity contribution in [2.75, 3.05) is 0 Å². The summed E-state index contributed by atoms with van der Waals surface area (Å²) in [6, 6.07) is 8.08. The molecule has 6 heteroatoms. The number of nitrogens with zero attached hydrogens (tertiary/aromatic N) is 6. The van der Waals surface area contributed by atoms with Gasteiger partial charge < -0.3 is 9.13 Å². The number of hydrogen-bond acceptors (Lipinski definition) is 4. The number of rotatable bonds is 2. The van der Waals surface area contributed by atoms with E-state index in [1.54, 1.807) is 12.4 Å². The quantitative estimate of drug-likeness (QED) is 0.569. The first-order chi connectivity index (χ1) is 10.8. The molecule has 0 saturated heterocycles. The van der Waals surface area contributed by atoms with Crippen LogP contribution >= 0.6 is 0 Å². The molecule has 0 bridgehead atoms. The maximum Gasteiger partial charge on any atom is 0.160 e. The van der Waals surface area contributed by atoms with E-state index in [9.17, 15) is 0 Å². The molecular weight excluding hydrogens is 276 g/mol. The fourth-order valence-corrected chi connectivity index (χ4v) is 2.62. The van der Waals surface area contributed by atoms with E-state index in [4.69, 9.17) is 0 Å². The minimum Gasteiger partial charge on any atom is -0.333 e. The molecule has 4 aromatic rings. The van der Waals surface area contributed by atoms with Gasteiger partial charge in [0.25, 0.3) is 0 Å². The van der Waals surface area contributed by atoms with Crippen molar-refractivity contribution in [3.63, 3.8) is 0 Å². The van der Waals surface area contributed by atoms with Crippen molar-refractivity contribution < 1.29 is 0 Å². The lowest BCUT2D eigenvalue weighted by Gasteiger charge is -2.09. The van der Waals surface area contributed by atoms with Crippen LogP contribution in [0.25, 0.3) is 33.8 Å². The lowest BCUT2D eigenvalue weighted by Crippen LogP contribution is -2.01. The number of aromatic nitrogens is 6. The highest BCUT2D eigenvalue weighted by Crippen LogP contribution is 2.30. The zero-order valence-corrected chi connectivity index (χ0v) is 12.3. The maximum atomic E-state index is 4.42. The van der Waals surface area contributed by atoms with Crippen molar-refractivity contribution in [1.29, 1.82) is 0 Å². The van der Waals surface area contributed by atoms with Crippen molar-refractivity contribution in [3.8, 4) is 23.0 Å². The summed E-state index contributed by atoms with van der Waals surface area (Å²) in [7, 11) is 3.90. The minimum atomic E-state index is 0.779. The molecule has 108 valence electrons. The number of aryl methyl sites for hydroxylation is 2. The molecule has 0 atom stereocenters. The van der Waals surface area contributed by atoms with E-state index < -0.39 is 0 Å². The standard InChI is InChI=1S/C16H14N6/c1-21-9-7-17-15(21)13-11-5-3-4-6-12(11)14(20-19-13)16-18-8-10-22(16)2/h3-10H,1-2H3. The largest absolute Gasteiger partial charge is 0.333 e. The van der Waals surface area contributed by atoms with Gasteiger partial charge in [-0.2, -0.15) is 0 Å². The molecule has 0 spiro atoms. The SMILES string of the molecule is Cn1ccnc1-c1nnc(-c2nccn2C)c2ccccc12. The molecule has 6 nitrogen and oxygen atoms in total. The van der Waals surface area contributed by atoms with Crippen LogP contribution in [-0.2, 0) is 14.1 Å². The first-order valence-corrected chi connectivity index (χ1v) is 6.96. The van der Waals surface area contributed by atoms with Crippen molar-refractivity contribution >= 4 is 10.8 Å². The number of imidazole rings is 2. The van der Waals surface area contributed by atoms with Crippen molar-refractivity contribution in [1.82, 2.24) is 29.3 Å². The summed E-state index contributed by atoms with van der Waals surface area (Å²) in [4.78, 5) is 8.77. The second kappa shape index (κ2) is 4.77. The maximum absolute atomic E-state index is 4.42. The Labute approximate surface area is 127 Å². The van der Waals surface area contributed by atoms with Gasteiger partial charge in [0, 0.05) is 49.7 Å².